The third kappa shape index (κ3) is 3.36. The zero-order chi connectivity index (χ0) is 20.2. The zero-order valence-corrected chi connectivity index (χ0v) is 17.9. The largest absolute Gasteiger partial charge is 0.370 e. The highest BCUT2D eigenvalue weighted by molar-refractivity contribution is 7.25. The fourth-order valence-corrected chi connectivity index (χ4v) is 4.96. The summed E-state index contributed by atoms with van der Waals surface area (Å²) < 4.78 is 7.06. The van der Waals surface area contributed by atoms with Crippen molar-refractivity contribution >= 4 is 37.6 Å². The van der Waals surface area contributed by atoms with Crippen LogP contribution in [0.1, 0.15) is 49.5 Å². The number of aromatic nitrogens is 3. The van der Waals surface area contributed by atoms with E-state index < -0.39 is 0 Å². The Morgan fingerprint density at radius 1 is 1.14 bits per heavy atom. The molecule has 29 heavy (non-hydrogen) atoms. The Morgan fingerprint density at radius 3 is 2.72 bits per heavy atom. The number of pyridine rings is 1. The molecule has 1 aliphatic rings. The van der Waals surface area contributed by atoms with E-state index in [9.17, 15) is 0 Å². The SMILES string of the molecule is Cc1nc(N[C@@H](C)c2ccccc2)c2sc3nc4c(cc3c2n1)COC(C)(C)C4. The Balaban J connectivity index is 1.62. The molecule has 1 aliphatic heterocycles. The van der Waals surface area contributed by atoms with Crippen LogP contribution in [0.2, 0.25) is 0 Å². The Bertz CT molecular complexity index is 1220. The van der Waals surface area contributed by atoms with Gasteiger partial charge >= 0.3 is 0 Å². The van der Waals surface area contributed by atoms with Crippen LogP contribution in [0.15, 0.2) is 36.4 Å². The molecule has 5 rings (SSSR count). The molecule has 6 heteroatoms. The van der Waals surface area contributed by atoms with Gasteiger partial charge in [-0.25, -0.2) is 15.0 Å². The minimum atomic E-state index is -0.168. The van der Waals surface area contributed by atoms with Crippen molar-refractivity contribution in [1.29, 1.82) is 0 Å². The van der Waals surface area contributed by atoms with Crippen molar-refractivity contribution in [3.8, 4) is 0 Å². The minimum absolute atomic E-state index is 0.147. The lowest BCUT2D eigenvalue weighted by atomic mass is 9.95. The van der Waals surface area contributed by atoms with Crippen molar-refractivity contribution in [1.82, 2.24) is 15.0 Å². The molecule has 1 N–H and O–H groups in total. The second kappa shape index (κ2) is 6.75. The maximum Gasteiger partial charge on any atom is 0.148 e. The first kappa shape index (κ1) is 18.5. The van der Waals surface area contributed by atoms with Crippen molar-refractivity contribution in [2.75, 3.05) is 5.32 Å². The highest BCUT2D eigenvalue weighted by Crippen LogP contribution is 2.39. The molecular formula is C23H24N4OS. The molecule has 1 aromatic carbocycles. The number of benzene rings is 1. The molecule has 0 saturated carbocycles. The third-order valence-corrected chi connectivity index (χ3v) is 6.55. The molecular weight excluding hydrogens is 380 g/mol. The van der Waals surface area contributed by atoms with Crippen LogP contribution in [0.5, 0.6) is 0 Å². The van der Waals surface area contributed by atoms with E-state index in [1.807, 2.05) is 13.0 Å². The number of nitrogens with one attached hydrogen (secondary N) is 1. The standard InChI is InChI=1S/C23H24N4OS/c1-13(15-8-6-5-7-9-15)24-21-20-19(25-14(2)26-21)17-10-16-12-28-23(3,4)11-18(16)27-22(17)29-20/h5-10,13H,11-12H2,1-4H3,(H,24,25,26)/t13-/m0/s1. The van der Waals surface area contributed by atoms with E-state index in [1.165, 1.54) is 11.1 Å². The summed E-state index contributed by atoms with van der Waals surface area (Å²) in [7, 11) is 0. The third-order valence-electron chi connectivity index (χ3n) is 5.45. The Labute approximate surface area is 174 Å². The van der Waals surface area contributed by atoms with Crippen LogP contribution in [0.25, 0.3) is 20.4 Å². The maximum atomic E-state index is 6.00. The lowest BCUT2D eigenvalue weighted by Crippen LogP contribution is -2.32. The van der Waals surface area contributed by atoms with Crippen LogP contribution < -0.4 is 5.32 Å². The predicted molar refractivity (Wildman–Crippen MR) is 119 cm³/mol. The predicted octanol–water partition coefficient (Wildman–Crippen LogP) is 5.57. The first-order valence-corrected chi connectivity index (χ1v) is 10.8. The molecule has 4 aromatic rings. The number of anilines is 1. The first-order valence-electron chi connectivity index (χ1n) is 9.95. The molecule has 1 atom stereocenters. The van der Waals surface area contributed by atoms with E-state index in [2.05, 4.69) is 56.4 Å². The van der Waals surface area contributed by atoms with Gasteiger partial charge in [0.15, 0.2) is 0 Å². The summed E-state index contributed by atoms with van der Waals surface area (Å²) in [5.74, 6) is 1.64. The van der Waals surface area contributed by atoms with Gasteiger partial charge in [0, 0.05) is 23.4 Å². The Morgan fingerprint density at radius 2 is 1.93 bits per heavy atom. The summed E-state index contributed by atoms with van der Waals surface area (Å²) in [6.45, 7) is 8.94. The van der Waals surface area contributed by atoms with Gasteiger partial charge < -0.3 is 10.1 Å². The van der Waals surface area contributed by atoms with Gasteiger partial charge in [-0.3, -0.25) is 0 Å². The van der Waals surface area contributed by atoms with Crippen LogP contribution in [-0.2, 0) is 17.8 Å². The van der Waals surface area contributed by atoms with Gasteiger partial charge in [0.25, 0.3) is 0 Å². The van der Waals surface area contributed by atoms with Gasteiger partial charge in [-0.05, 0) is 39.3 Å². The number of fused-ring (bicyclic) bond motifs is 4. The average Bonchev–Trinajstić information content (AvgIpc) is 3.04. The normalized spacial score (nSPS) is 16.7. The molecule has 0 aliphatic carbocycles. The molecule has 4 heterocycles. The van der Waals surface area contributed by atoms with Crippen molar-refractivity contribution in [3.05, 3.63) is 59.0 Å². The molecule has 0 radical (unpaired) electrons. The van der Waals surface area contributed by atoms with E-state index in [-0.39, 0.29) is 11.6 Å². The summed E-state index contributed by atoms with van der Waals surface area (Å²) in [5, 5.41) is 4.68. The monoisotopic (exact) mass is 404 g/mol. The summed E-state index contributed by atoms with van der Waals surface area (Å²) in [4.78, 5) is 15.5. The van der Waals surface area contributed by atoms with Gasteiger partial charge in [-0.1, -0.05) is 30.3 Å². The smallest absolute Gasteiger partial charge is 0.148 e. The van der Waals surface area contributed by atoms with Crippen LogP contribution in [0.3, 0.4) is 0 Å². The molecule has 148 valence electrons. The van der Waals surface area contributed by atoms with E-state index in [0.29, 0.717) is 6.61 Å². The topological polar surface area (TPSA) is 59.9 Å². The Kier molecular flexibility index (Phi) is 4.29. The van der Waals surface area contributed by atoms with Gasteiger partial charge in [-0.15, -0.1) is 11.3 Å². The van der Waals surface area contributed by atoms with Crippen molar-refractivity contribution in [3.63, 3.8) is 0 Å². The summed E-state index contributed by atoms with van der Waals surface area (Å²) >= 11 is 1.67. The maximum absolute atomic E-state index is 6.00. The molecule has 0 fully saturated rings. The second-order valence-electron chi connectivity index (χ2n) is 8.35. The van der Waals surface area contributed by atoms with Crippen LogP contribution in [-0.4, -0.2) is 20.6 Å². The summed E-state index contributed by atoms with van der Waals surface area (Å²) in [6, 6.07) is 12.8. The lowest BCUT2D eigenvalue weighted by molar-refractivity contribution is -0.0411. The van der Waals surface area contributed by atoms with Crippen LogP contribution in [0.4, 0.5) is 5.82 Å². The fourth-order valence-electron chi connectivity index (χ4n) is 3.89. The number of ether oxygens (including phenoxy) is 1. The van der Waals surface area contributed by atoms with Crippen molar-refractivity contribution < 1.29 is 4.74 Å². The molecule has 0 amide bonds. The highest BCUT2D eigenvalue weighted by Gasteiger charge is 2.28. The average molecular weight is 405 g/mol. The molecule has 0 bridgehead atoms. The molecule has 0 spiro atoms. The zero-order valence-electron chi connectivity index (χ0n) is 17.1. The van der Waals surface area contributed by atoms with E-state index in [1.54, 1.807) is 11.3 Å². The first-order chi connectivity index (χ1) is 13.9. The van der Waals surface area contributed by atoms with E-state index in [0.717, 1.165) is 44.2 Å². The number of nitrogens with zero attached hydrogens (tertiary/aromatic N) is 3. The molecule has 0 unspecified atom stereocenters. The summed E-state index contributed by atoms with van der Waals surface area (Å²) in [6.07, 6.45) is 0.827. The lowest BCUT2D eigenvalue weighted by Gasteiger charge is -2.30. The van der Waals surface area contributed by atoms with E-state index in [4.69, 9.17) is 19.7 Å². The number of rotatable bonds is 3. The molecule has 5 nitrogen and oxygen atoms in total. The van der Waals surface area contributed by atoms with E-state index >= 15 is 0 Å². The fraction of sp³-hybridized carbons (Fsp3) is 0.348. The number of thiophene rings is 1. The van der Waals surface area contributed by atoms with Gasteiger partial charge in [0.05, 0.1) is 28.1 Å². The molecule has 3 aromatic heterocycles. The number of hydrogen-bond acceptors (Lipinski definition) is 6. The molecule has 0 saturated heterocycles. The Hall–Kier alpha value is -2.57. The number of aryl methyl sites for hydroxylation is 1. The van der Waals surface area contributed by atoms with Gasteiger partial charge in [0.2, 0.25) is 0 Å². The van der Waals surface area contributed by atoms with Crippen LogP contribution >= 0.6 is 11.3 Å². The van der Waals surface area contributed by atoms with Crippen molar-refractivity contribution in [2.24, 2.45) is 0 Å². The van der Waals surface area contributed by atoms with Crippen LogP contribution in [0, 0.1) is 6.92 Å². The van der Waals surface area contributed by atoms with Gasteiger partial charge in [0.1, 0.15) is 16.5 Å². The second-order valence-corrected chi connectivity index (χ2v) is 9.35. The number of hydrogen-bond donors (Lipinski definition) is 1. The quantitative estimate of drug-likeness (QED) is 0.483. The summed E-state index contributed by atoms with van der Waals surface area (Å²) in [5.41, 5.74) is 4.34. The van der Waals surface area contributed by atoms with Crippen molar-refractivity contribution in [2.45, 2.75) is 52.4 Å². The van der Waals surface area contributed by atoms with Gasteiger partial charge in [-0.2, -0.15) is 0 Å². The highest BCUT2D eigenvalue weighted by atomic mass is 32.1. The minimum Gasteiger partial charge on any atom is -0.370 e.